The van der Waals surface area contributed by atoms with Crippen molar-refractivity contribution in [3.63, 3.8) is 0 Å². The highest BCUT2D eigenvalue weighted by Crippen LogP contribution is 2.44. The first-order chi connectivity index (χ1) is 18.5. The standard InChI is InChI=1S/C29H26N2O5S2/c32-27(30-26(28(33)34)16-19-8-6-14-38-19)25(15-18-7-5-13-37-18)31-29(35)36-17-24-22-11-3-1-9-20(22)21-10-2-4-12-23(21)24/h1-14,24-26H,15-17H2,(H,30,32)(H,31,35)(H,33,34)/t25-,26-/m0/s1. The van der Waals surface area contributed by atoms with Gasteiger partial charge in [0.05, 0.1) is 0 Å². The largest absolute Gasteiger partial charge is 0.480 e. The monoisotopic (exact) mass is 546 g/mol. The summed E-state index contributed by atoms with van der Waals surface area (Å²) in [6, 6.07) is 21.4. The lowest BCUT2D eigenvalue weighted by molar-refractivity contribution is -0.142. The molecule has 0 saturated heterocycles. The Kier molecular flexibility index (Phi) is 7.86. The highest BCUT2D eigenvalue weighted by Gasteiger charge is 2.31. The second-order valence-electron chi connectivity index (χ2n) is 8.99. The van der Waals surface area contributed by atoms with Gasteiger partial charge in [0.15, 0.2) is 0 Å². The number of fused-ring (bicyclic) bond motifs is 3. The fourth-order valence-corrected chi connectivity index (χ4v) is 6.23. The molecule has 0 spiro atoms. The second kappa shape index (κ2) is 11.6. The van der Waals surface area contributed by atoms with Crippen molar-refractivity contribution in [2.24, 2.45) is 0 Å². The molecule has 3 N–H and O–H groups in total. The quantitative estimate of drug-likeness (QED) is 0.258. The number of benzene rings is 2. The number of rotatable bonds is 10. The molecule has 0 unspecified atom stereocenters. The molecule has 0 bridgehead atoms. The Bertz CT molecular complexity index is 1370. The summed E-state index contributed by atoms with van der Waals surface area (Å²) >= 11 is 2.88. The first-order valence-electron chi connectivity index (χ1n) is 12.2. The van der Waals surface area contributed by atoms with Crippen LogP contribution < -0.4 is 10.6 Å². The topological polar surface area (TPSA) is 105 Å². The van der Waals surface area contributed by atoms with Gasteiger partial charge in [0.25, 0.3) is 0 Å². The molecule has 2 atom stereocenters. The Morgan fingerprint density at radius 3 is 1.84 bits per heavy atom. The van der Waals surface area contributed by atoms with Gasteiger partial charge in [0.1, 0.15) is 18.7 Å². The number of nitrogens with one attached hydrogen (secondary N) is 2. The van der Waals surface area contributed by atoms with E-state index < -0.39 is 30.1 Å². The van der Waals surface area contributed by atoms with Crippen molar-refractivity contribution >= 4 is 40.6 Å². The molecule has 2 aromatic heterocycles. The summed E-state index contributed by atoms with van der Waals surface area (Å²) < 4.78 is 5.64. The van der Waals surface area contributed by atoms with Crippen molar-refractivity contribution in [2.45, 2.75) is 30.8 Å². The van der Waals surface area contributed by atoms with Gasteiger partial charge in [-0.3, -0.25) is 4.79 Å². The molecule has 9 heteroatoms. The van der Waals surface area contributed by atoms with Gasteiger partial charge in [-0.05, 0) is 45.1 Å². The molecule has 5 rings (SSSR count). The maximum Gasteiger partial charge on any atom is 0.407 e. The minimum atomic E-state index is -1.14. The van der Waals surface area contributed by atoms with Gasteiger partial charge in [0.2, 0.25) is 5.91 Å². The van der Waals surface area contributed by atoms with Crippen molar-refractivity contribution in [1.29, 1.82) is 0 Å². The molecule has 0 fully saturated rings. The van der Waals surface area contributed by atoms with Gasteiger partial charge in [-0.25, -0.2) is 9.59 Å². The van der Waals surface area contributed by atoms with E-state index >= 15 is 0 Å². The fraction of sp³-hybridized carbons (Fsp3) is 0.207. The molecule has 0 aliphatic heterocycles. The zero-order chi connectivity index (χ0) is 26.5. The number of ether oxygens (including phenoxy) is 1. The van der Waals surface area contributed by atoms with E-state index in [9.17, 15) is 19.5 Å². The molecule has 2 amide bonds. The van der Waals surface area contributed by atoms with Crippen LogP contribution in [0.2, 0.25) is 0 Å². The number of carbonyl (C=O) groups excluding carboxylic acids is 2. The van der Waals surface area contributed by atoms with Gasteiger partial charge >= 0.3 is 12.1 Å². The van der Waals surface area contributed by atoms with Crippen molar-refractivity contribution in [3.8, 4) is 11.1 Å². The number of thiophene rings is 2. The Labute approximate surface area is 228 Å². The average molecular weight is 547 g/mol. The maximum atomic E-state index is 13.2. The molecule has 194 valence electrons. The van der Waals surface area contributed by atoms with E-state index in [4.69, 9.17) is 4.74 Å². The van der Waals surface area contributed by atoms with Gasteiger partial charge in [-0.1, -0.05) is 60.7 Å². The van der Waals surface area contributed by atoms with Crippen molar-refractivity contribution in [2.75, 3.05) is 6.61 Å². The highest BCUT2D eigenvalue weighted by atomic mass is 32.1. The van der Waals surface area contributed by atoms with Crippen molar-refractivity contribution in [1.82, 2.24) is 10.6 Å². The predicted octanol–water partition coefficient (Wildman–Crippen LogP) is 5.07. The van der Waals surface area contributed by atoms with E-state index in [-0.39, 0.29) is 25.4 Å². The third-order valence-corrected chi connectivity index (χ3v) is 8.34. The smallest absolute Gasteiger partial charge is 0.407 e. The Hall–Kier alpha value is -3.95. The molecule has 7 nitrogen and oxygen atoms in total. The van der Waals surface area contributed by atoms with E-state index in [0.29, 0.717) is 0 Å². The number of carboxylic acid groups (broad SMARTS) is 1. The molecule has 1 aliphatic rings. The molecular formula is C29H26N2O5S2. The molecule has 2 aromatic carbocycles. The van der Waals surface area contributed by atoms with Gasteiger partial charge < -0.3 is 20.5 Å². The van der Waals surface area contributed by atoms with Gasteiger partial charge in [-0.15, -0.1) is 22.7 Å². The lowest BCUT2D eigenvalue weighted by atomic mass is 9.98. The highest BCUT2D eigenvalue weighted by molar-refractivity contribution is 7.10. The van der Waals surface area contributed by atoms with E-state index in [0.717, 1.165) is 32.0 Å². The van der Waals surface area contributed by atoms with E-state index in [2.05, 4.69) is 22.8 Å². The lowest BCUT2D eigenvalue weighted by Gasteiger charge is -2.21. The van der Waals surface area contributed by atoms with E-state index in [1.165, 1.54) is 22.7 Å². The summed E-state index contributed by atoms with van der Waals surface area (Å²) in [6.45, 7) is 0.114. The third kappa shape index (κ3) is 5.79. The molecule has 38 heavy (non-hydrogen) atoms. The third-order valence-electron chi connectivity index (χ3n) is 6.54. The summed E-state index contributed by atoms with van der Waals surface area (Å²) in [5, 5.41) is 18.7. The van der Waals surface area contributed by atoms with Crippen LogP contribution in [0.5, 0.6) is 0 Å². The van der Waals surface area contributed by atoms with Crippen LogP contribution in [0.15, 0.2) is 83.6 Å². The summed E-state index contributed by atoms with van der Waals surface area (Å²) in [5.41, 5.74) is 4.43. The predicted molar refractivity (Wildman–Crippen MR) is 148 cm³/mol. The van der Waals surface area contributed by atoms with Gasteiger partial charge in [0, 0.05) is 28.5 Å². The molecule has 2 heterocycles. The zero-order valence-corrected chi connectivity index (χ0v) is 22.0. The summed E-state index contributed by atoms with van der Waals surface area (Å²) in [4.78, 5) is 39.7. The number of hydrogen-bond donors (Lipinski definition) is 3. The molecule has 0 radical (unpaired) electrons. The average Bonchev–Trinajstić information content (AvgIpc) is 3.68. The van der Waals surface area contributed by atoms with Crippen LogP contribution in [0.3, 0.4) is 0 Å². The van der Waals surface area contributed by atoms with Gasteiger partial charge in [-0.2, -0.15) is 0 Å². The van der Waals surface area contributed by atoms with E-state index in [1.807, 2.05) is 71.4 Å². The minimum absolute atomic E-state index is 0.111. The van der Waals surface area contributed by atoms with Crippen LogP contribution >= 0.6 is 22.7 Å². The minimum Gasteiger partial charge on any atom is -0.480 e. The fourth-order valence-electron chi connectivity index (χ4n) is 4.72. The number of alkyl carbamates (subject to hydrolysis) is 1. The Balaban J connectivity index is 1.27. The summed E-state index contributed by atoms with van der Waals surface area (Å²) in [5.74, 6) is -1.82. The van der Waals surface area contributed by atoms with Crippen LogP contribution in [0.1, 0.15) is 26.8 Å². The molecule has 0 saturated carbocycles. The second-order valence-corrected chi connectivity index (χ2v) is 11.1. The summed E-state index contributed by atoms with van der Waals surface area (Å²) in [6.07, 6.45) is -0.345. The lowest BCUT2D eigenvalue weighted by Crippen LogP contribution is -2.53. The van der Waals surface area contributed by atoms with Crippen LogP contribution in [-0.2, 0) is 27.2 Å². The summed E-state index contributed by atoms with van der Waals surface area (Å²) in [7, 11) is 0. The Morgan fingerprint density at radius 1 is 0.763 bits per heavy atom. The maximum absolute atomic E-state index is 13.2. The van der Waals surface area contributed by atoms with Crippen molar-refractivity contribution in [3.05, 3.63) is 104 Å². The number of amides is 2. The van der Waals surface area contributed by atoms with Crippen LogP contribution in [0.4, 0.5) is 4.79 Å². The normalized spacial score (nSPS) is 13.7. The number of carboxylic acids is 1. The first kappa shape index (κ1) is 25.7. The molecule has 1 aliphatic carbocycles. The van der Waals surface area contributed by atoms with E-state index in [1.54, 1.807) is 0 Å². The Morgan fingerprint density at radius 2 is 1.32 bits per heavy atom. The number of carbonyl (C=O) groups is 3. The van der Waals surface area contributed by atoms with Crippen LogP contribution in [-0.4, -0.2) is 41.8 Å². The number of hydrogen-bond acceptors (Lipinski definition) is 6. The first-order valence-corrected chi connectivity index (χ1v) is 13.9. The van der Waals surface area contributed by atoms with Crippen LogP contribution in [0, 0.1) is 0 Å². The van der Waals surface area contributed by atoms with Crippen LogP contribution in [0.25, 0.3) is 11.1 Å². The molecule has 4 aromatic rings. The zero-order valence-electron chi connectivity index (χ0n) is 20.3. The molecular weight excluding hydrogens is 520 g/mol. The number of aliphatic carboxylic acids is 1. The SMILES string of the molecule is O=C(N[C@@H](Cc1cccs1)C(=O)N[C@@H](Cc1cccs1)C(=O)O)OCC1c2ccccc2-c2ccccc21. The van der Waals surface area contributed by atoms with Crippen molar-refractivity contribution < 1.29 is 24.2 Å².